The topological polar surface area (TPSA) is 54.7 Å². The Morgan fingerprint density at radius 2 is 1.54 bits per heavy atom. The average molecular weight is 343 g/mol. The molecular formula is C23H25N3. The lowest BCUT2D eigenvalue weighted by Crippen LogP contribution is -2.48. The van der Waals surface area contributed by atoms with Crippen LogP contribution in [0.1, 0.15) is 44.1 Å². The molecule has 3 heteroatoms. The molecule has 3 N–H and O–H groups in total. The zero-order valence-electron chi connectivity index (χ0n) is 15.0. The number of rotatable bonds is 2. The summed E-state index contributed by atoms with van der Waals surface area (Å²) in [5.41, 5.74) is 11.8. The average Bonchev–Trinajstić information content (AvgIpc) is 3.04. The third-order valence-corrected chi connectivity index (χ3v) is 7.32. The Morgan fingerprint density at radius 3 is 2.19 bits per heavy atom. The van der Waals surface area contributed by atoms with Crippen LogP contribution < -0.4 is 5.73 Å². The number of fused-ring (bicyclic) bond motifs is 1. The lowest BCUT2D eigenvalue weighted by atomic mass is 9.48. The summed E-state index contributed by atoms with van der Waals surface area (Å²) in [4.78, 5) is 8.16. The number of H-pyrrole nitrogens is 1. The molecule has 0 unspecified atom stereocenters. The largest absolute Gasteiger partial charge is 0.399 e. The third kappa shape index (κ3) is 2.16. The summed E-state index contributed by atoms with van der Waals surface area (Å²) >= 11 is 0. The summed E-state index contributed by atoms with van der Waals surface area (Å²) in [5, 5.41) is 0. The Bertz CT molecular complexity index is 947. The number of benzene rings is 2. The van der Waals surface area contributed by atoms with Crippen LogP contribution in [0.15, 0.2) is 42.5 Å². The second-order valence-electron chi connectivity index (χ2n) is 9.14. The van der Waals surface area contributed by atoms with Crippen LogP contribution in [0.5, 0.6) is 0 Å². The number of hydrogen-bond donors (Lipinski definition) is 2. The SMILES string of the molecule is Nc1ccc2[nH]c(-c3ccc(C45CC6CC(CC(C6)C4)C5)cc3)nc2c1. The highest BCUT2D eigenvalue weighted by molar-refractivity contribution is 5.82. The van der Waals surface area contributed by atoms with Gasteiger partial charge in [0.25, 0.3) is 0 Å². The minimum absolute atomic E-state index is 0.468. The fraction of sp³-hybridized carbons (Fsp3) is 0.435. The minimum Gasteiger partial charge on any atom is -0.399 e. The van der Waals surface area contributed by atoms with Crippen molar-refractivity contribution in [1.82, 2.24) is 9.97 Å². The van der Waals surface area contributed by atoms with E-state index in [1.54, 1.807) is 5.56 Å². The number of anilines is 1. The van der Waals surface area contributed by atoms with E-state index in [-0.39, 0.29) is 0 Å². The maximum atomic E-state index is 5.88. The number of nitrogen functional groups attached to an aromatic ring is 1. The molecule has 26 heavy (non-hydrogen) atoms. The number of nitrogens with zero attached hydrogens (tertiary/aromatic N) is 1. The van der Waals surface area contributed by atoms with Gasteiger partial charge in [0, 0.05) is 11.3 Å². The monoisotopic (exact) mass is 343 g/mol. The van der Waals surface area contributed by atoms with E-state index in [0.29, 0.717) is 5.41 Å². The number of imidazole rings is 1. The van der Waals surface area contributed by atoms with Gasteiger partial charge in [0.2, 0.25) is 0 Å². The molecule has 0 spiro atoms. The van der Waals surface area contributed by atoms with Crippen LogP contribution in [0.3, 0.4) is 0 Å². The van der Waals surface area contributed by atoms with Gasteiger partial charge in [-0.3, -0.25) is 0 Å². The lowest BCUT2D eigenvalue weighted by Gasteiger charge is -2.57. The highest BCUT2D eigenvalue weighted by Crippen LogP contribution is 2.60. The van der Waals surface area contributed by atoms with Crippen LogP contribution in [0.2, 0.25) is 0 Å². The van der Waals surface area contributed by atoms with Crippen LogP contribution in [-0.4, -0.2) is 9.97 Å². The fourth-order valence-electron chi connectivity index (χ4n) is 6.61. The Morgan fingerprint density at radius 1 is 0.885 bits per heavy atom. The van der Waals surface area contributed by atoms with Gasteiger partial charge < -0.3 is 10.7 Å². The van der Waals surface area contributed by atoms with Gasteiger partial charge in [-0.05, 0) is 85.5 Å². The normalized spacial score (nSPS) is 32.4. The van der Waals surface area contributed by atoms with Gasteiger partial charge in [0.15, 0.2) is 0 Å². The Hall–Kier alpha value is -2.29. The Kier molecular flexibility index (Phi) is 2.92. The van der Waals surface area contributed by atoms with E-state index < -0.39 is 0 Å². The van der Waals surface area contributed by atoms with Crippen molar-refractivity contribution in [3.05, 3.63) is 48.0 Å². The lowest BCUT2D eigenvalue weighted by molar-refractivity contribution is -0.00518. The summed E-state index contributed by atoms with van der Waals surface area (Å²) in [6.07, 6.45) is 8.76. The highest BCUT2D eigenvalue weighted by atomic mass is 14.9. The van der Waals surface area contributed by atoms with Crippen molar-refractivity contribution in [3.8, 4) is 11.4 Å². The van der Waals surface area contributed by atoms with E-state index >= 15 is 0 Å². The smallest absolute Gasteiger partial charge is 0.138 e. The van der Waals surface area contributed by atoms with Crippen molar-refractivity contribution in [3.63, 3.8) is 0 Å². The quantitative estimate of drug-likeness (QED) is 0.622. The molecule has 4 bridgehead atoms. The second kappa shape index (κ2) is 5.12. The van der Waals surface area contributed by atoms with E-state index in [9.17, 15) is 0 Å². The first kappa shape index (κ1) is 14.8. The zero-order valence-corrected chi connectivity index (χ0v) is 15.0. The molecule has 4 fully saturated rings. The molecule has 7 rings (SSSR count). The molecule has 4 aliphatic carbocycles. The molecule has 0 radical (unpaired) electrons. The van der Waals surface area contributed by atoms with Gasteiger partial charge in [-0.15, -0.1) is 0 Å². The van der Waals surface area contributed by atoms with E-state index in [0.717, 1.165) is 45.9 Å². The summed E-state index contributed by atoms with van der Waals surface area (Å²) in [7, 11) is 0. The fourth-order valence-corrected chi connectivity index (χ4v) is 6.61. The van der Waals surface area contributed by atoms with Crippen molar-refractivity contribution in [2.45, 2.75) is 43.9 Å². The number of aromatic nitrogens is 2. The predicted octanol–water partition coefficient (Wildman–Crippen LogP) is 5.28. The van der Waals surface area contributed by atoms with E-state index in [4.69, 9.17) is 10.7 Å². The maximum absolute atomic E-state index is 5.88. The number of hydrogen-bond acceptors (Lipinski definition) is 2. The first-order chi connectivity index (χ1) is 12.7. The molecular weight excluding hydrogens is 318 g/mol. The molecule has 3 nitrogen and oxygen atoms in total. The summed E-state index contributed by atoms with van der Waals surface area (Å²) in [6.45, 7) is 0. The molecule has 0 saturated heterocycles. The summed E-state index contributed by atoms with van der Waals surface area (Å²) in [5.74, 6) is 3.90. The van der Waals surface area contributed by atoms with Gasteiger partial charge >= 0.3 is 0 Å². The number of nitrogens with two attached hydrogens (primary N) is 1. The van der Waals surface area contributed by atoms with Crippen molar-refractivity contribution < 1.29 is 0 Å². The second-order valence-corrected chi connectivity index (χ2v) is 9.14. The third-order valence-electron chi connectivity index (χ3n) is 7.32. The summed E-state index contributed by atoms with van der Waals surface area (Å²) < 4.78 is 0. The molecule has 1 heterocycles. The van der Waals surface area contributed by atoms with Crippen molar-refractivity contribution in [1.29, 1.82) is 0 Å². The maximum Gasteiger partial charge on any atom is 0.138 e. The Balaban J connectivity index is 1.35. The molecule has 0 atom stereocenters. The van der Waals surface area contributed by atoms with Crippen LogP contribution in [0.4, 0.5) is 5.69 Å². The van der Waals surface area contributed by atoms with Crippen LogP contribution in [0.25, 0.3) is 22.4 Å². The molecule has 3 aromatic rings. The van der Waals surface area contributed by atoms with Gasteiger partial charge in [-0.2, -0.15) is 0 Å². The van der Waals surface area contributed by atoms with Crippen molar-refractivity contribution in [2.75, 3.05) is 5.73 Å². The zero-order chi connectivity index (χ0) is 17.3. The van der Waals surface area contributed by atoms with Crippen molar-refractivity contribution >= 4 is 16.7 Å². The highest BCUT2D eigenvalue weighted by Gasteiger charge is 2.51. The molecule has 4 saturated carbocycles. The Labute approximate surface area is 154 Å². The first-order valence-corrected chi connectivity index (χ1v) is 10.0. The van der Waals surface area contributed by atoms with Crippen LogP contribution in [0, 0.1) is 17.8 Å². The summed E-state index contributed by atoms with van der Waals surface area (Å²) in [6, 6.07) is 15.1. The molecule has 0 amide bonds. The van der Waals surface area contributed by atoms with Gasteiger partial charge in [0.1, 0.15) is 5.82 Å². The molecule has 0 aliphatic heterocycles. The van der Waals surface area contributed by atoms with E-state index in [1.165, 1.54) is 38.5 Å². The molecule has 4 aliphatic rings. The number of aromatic amines is 1. The van der Waals surface area contributed by atoms with Crippen LogP contribution >= 0.6 is 0 Å². The molecule has 132 valence electrons. The van der Waals surface area contributed by atoms with Crippen LogP contribution in [-0.2, 0) is 5.41 Å². The predicted molar refractivity (Wildman–Crippen MR) is 106 cm³/mol. The number of nitrogens with one attached hydrogen (secondary N) is 1. The van der Waals surface area contributed by atoms with Gasteiger partial charge in [0.05, 0.1) is 11.0 Å². The van der Waals surface area contributed by atoms with E-state index in [1.807, 2.05) is 18.2 Å². The first-order valence-electron chi connectivity index (χ1n) is 10.0. The standard InChI is InChI=1S/C23H25N3/c24-19-5-6-20-21(10-19)26-22(25-20)17-1-3-18(4-2-17)23-11-14-7-15(12-23)9-16(8-14)13-23/h1-6,10,14-16H,7-9,11-13,24H2,(H,25,26). The van der Waals surface area contributed by atoms with Gasteiger partial charge in [-0.1, -0.05) is 24.3 Å². The minimum atomic E-state index is 0.468. The molecule has 2 aromatic carbocycles. The van der Waals surface area contributed by atoms with Gasteiger partial charge in [-0.25, -0.2) is 4.98 Å². The van der Waals surface area contributed by atoms with Crippen molar-refractivity contribution in [2.24, 2.45) is 17.8 Å². The molecule has 1 aromatic heterocycles. The van der Waals surface area contributed by atoms with E-state index in [2.05, 4.69) is 29.2 Å².